The zero-order valence-electron chi connectivity index (χ0n) is 17.4. The molecule has 1 aromatic rings. The van der Waals surface area contributed by atoms with Gasteiger partial charge in [-0.1, -0.05) is 46.5 Å². The van der Waals surface area contributed by atoms with E-state index in [-0.39, 0.29) is 30.9 Å². The van der Waals surface area contributed by atoms with Crippen molar-refractivity contribution in [3.8, 4) is 0 Å². The van der Waals surface area contributed by atoms with Gasteiger partial charge >= 0.3 is 0 Å². The predicted octanol–water partition coefficient (Wildman–Crippen LogP) is 6.17. The molecule has 149 valence electrons. The quantitative estimate of drug-likeness (QED) is 0.393. The first-order chi connectivity index (χ1) is 12.3. The van der Waals surface area contributed by atoms with Gasteiger partial charge in [0.05, 0.1) is 0 Å². The molecule has 0 saturated heterocycles. The molecular weight excluding hydrogens is 508 g/mol. The maximum Gasteiger partial charge on any atom is 0.0113 e. The van der Waals surface area contributed by atoms with Crippen molar-refractivity contribution in [2.75, 3.05) is 11.9 Å². The normalized spacial score (nSPS) is 30.1. The number of hydrogen-bond donors (Lipinski definition) is 0. The molecule has 5 aliphatic rings. The summed E-state index contributed by atoms with van der Waals surface area (Å²) in [6, 6.07) is 8.48. The maximum absolute atomic E-state index is 3.68. The second-order valence-electron chi connectivity index (χ2n) is 10.3. The Morgan fingerprint density at radius 3 is 2.11 bits per heavy atom. The second kappa shape index (κ2) is 6.36. The van der Waals surface area contributed by atoms with Crippen LogP contribution >= 0.6 is 0 Å². The van der Waals surface area contributed by atoms with Crippen LogP contribution in [0.2, 0.25) is 0 Å². The fourth-order valence-electron chi connectivity index (χ4n) is 6.13. The molecule has 0 spiro atoms. The number of fused-ring (bicyclic) bond motifs is 2. The Balaban J connectivity index is 0.00000180. The number of benzene rings is 1. The molecule has 0 atom stereocenters. The summed E-state index contributed by atoms with van der Waals surface area (Å²) >= 11 is 0. The Morgan fingerprint density at radius 2 is 1.48 bits per heavy atom. The first-order valence-corrected chi connectivity index (χ1v) is 10.5. The summed E-state index contributed by atoms with van der Waals surface area (Å²) in [5.41, 5.74) is 7.90. The Labute approximate surface area is 178 Å². The minimum Gasteiger partial charge on any atom is -0.507 e. The maximum atomic E-state index is 3.68. The monoisotopic (exact) mass is 541 g/mol. The fraction of sp³-hybridized carbons (Fsp3) is 0.625. The number of hydrogen-bond acceptors (Lipinski definition) is 2. The van der Waals surface area contributed by atoms with Gasteiger partial charge in [-0.2, -0.15) is 18.8 Å². The summed E-state index contributed by atoms with van der Waals surface area (Å²) in [5, 5.41) is 0. The third kappa shape index (κ3) is 2.84. The van der Waals surface area contributed by atoms with Crippen molar-refractivity contribution in [1.29, 1.82) is 0 Å². The molecular formula is C24H32IrN2-2. The van der Waals surface area contributed by atoms with Gasteiger partial charge in [-0.3, -0.25) is 0 Å². The van der Waals surface area contributed by atoms with Crippen molar-refractivity contribution in [1.82, 2.24) is 4.90 Å². The summed E-state index contributed by atoms with van der Waals surface area (Å²) in [6.45, 7) is 11.9. The fourth-order valence-corrected chi connectivity index (χ4v) is 6.13. The largest absolute Gasteiger partial charge is 0.507 e. The smallest absolute Gasteiger partial charge is 0.0113 e. The van der Waals surface area contributed by atoms with E-state index in [0.29, 0.717) is 0 Å². The van der Waals surface area contributed by atoms with Crippen molar-refractivity contribution in [3.05, 3.63) is 47.4 Å². The van der Waals surface area contributed by atoms with Crippen LogP contribution in [0.15, 0.2) is 23.5 Å². The first kappa shape index (κ1) is 19.5. The molecule has 1 saturated carbocycles. The number of nitrogens with zero attached hydrogens (tertiary/aromatic N) is 2. The van der Waals surface area contributed by atoms with Gasteiger partial charge in [0.2, 0.25) is 0 Å². The van der Waals surface area contributed by atoms with Crippen LogP contribution in [0, 0.1) is 23.6 Å². The van der Waals surface area contributed by atoms with Crippen molar-refractivity contribution in [3.63, 3.8) is 0 Å². The van der Waals surface area contributed by atoms with E-state index in [1.807, 2.05) is 0 Å². The molecule has 6 rings (SSSR count). The van der Waals surface area contributed by atoms with E-state index in [2.05, 4.69) is 69.4 Å². The summed E-state index contributed by atoms with van der Waals surface area (Å²) < 4.78 is 0. The van der Waals surface area contributed by atoms with Crippen LogP contribution in [0.1, 0.15) is 89.2 Å². The van der Waals surface area contributed by atoms with Crippen molar-refractivity contribution in [2.24, 2.45) is 10.8 Å². The van der Waals surface area contributed by atoms with E-state index < -0.39 is 0 Å². The number of allylic oxidation sites excluding steroid dienone is 2. The van der Waals surface area contributed by atoms with E-state index in [1.165, 1.54) is 55.6 Å². The molecule has 4 aliphatic carbocycles. The van der Waals surface area contributed by atoms with Gasteiger partial charge in [-0.15, -0.1) is 22.9 Å². The molecule has 1 radical (unpaired) electrons. The first-order valence-electron chi connectivity index (χ1n) is 10.5. The average molecular weight is 541 g/mol. The van der Waals surface area contributed by atoms with E-state index >= 15 is 0 Å². The number of anilines is 1. The second-order valence-corrected chi connectivity index (χ2v) is 10.3. The molecule has 0 aromatic heterocycles. The summed E-state index contributed by atoms with van der Waals surface area (Å²) in [7, 11) is 2.22. The van der Waals surface area contributed by atoms with Crippen LogP contribution in [0.25, 0.3) is 0 Å². The van der Waals surface area contributed by atoms with Gasteiger partial charge < -0.3 is 9.80 Å². The van der Waals surface area contributed by atoms with Crippen molar-refractivity contribution >= 4 is 5.69 Å². The van der Waals surface area contributed by atoms with Gasteiger partial charge in [0, 0.05) is 42.3 Å². The van der Waals surface area contributed by atoms with E-state index in [9.17, 15) is 0 Å². The Bertz CT molecular complexity index is 784. The zero-order chi connectivity index (χ0) is 18.3. The Kier molecular flexibility index (Phi) is 4.60. The molecule has 1 aromatic carbocycles. The summed E-state index contributed by atoms with van der Waals surface area (Å²) in [6.07, 6.45) is 8.05. The summed E-state index contributed by atoms with van der Waals surface area (Å²) in [5.74, 6) is 1.58. The minimum absolute atomic E-state index is 0. The third-order valence-electron chi connectivity index (χ3n) is 7.63. The van der Waals surface area contributed by atoms with Crippen molar-refractivity contribution in [2.45, 2.75) is 78.1 Å². The van der Waals surface area contributed by atoms with Gasteiger partial charge in [-0.05, 0) is 38.6 Å². The molecule has 1 heterocycles. The molecule has 1 fully saturated rings. The summed E-state index contributed by atoms with van der Waals surface area (Å²) in [4.78, 5) is 4.83. The number of rotatable bonds is 1. The topological polar surface area (TPSA) is 6.48 Å². The van der Waals surface area contributed by atoms with Crippen LogP contribution in [0.3, 0.4) is 0 Å². The van der Waals surface area contributed by atoms with Gasteiger partial charge in [0.25, 0.3) is 0 Å². The van der Waals surface area contributed by atoms with Gasteiger partial charge in [0.1, 0.15) is 0 Å². The third-order valence-corrected chi connectivity index (χ3v) is 7.63. The molecule has 0 unspecified atom stereocenters. The van der Waals surface area contributed by atoms with Crippen LogP contribution < -0.4 is 4.90 Å². The van der Waals surface area contributed by atoms with E-state index in [0.717, 1.165) is 11.8 Å². The van der Waals surface area contributed by atoms with Gasteiger partial charge in [0.15, 0.2) is 0 Å². The molecule has 2 bridgehead atoms. The minimum atomic E-state index is 0. The predicted molar refractivity (Wildman–Crippen MR) is 108 cm³/mol. The Morgan fingerprint density at radius 1 is 0.926 bits per heavy atom. The molecule has 0 N–H and O–H groups in total. The van der Waals surface area contributed by atoms with E-state index in [1.54, 1.807) is 11.1 Å². The van der Waals surface area contributed by atoms with Crippen LogP contribution in [0.4, 0.5) is 5.69 Å². The SMILES string of the molecule is CN1[CH-]N(c2[c-]cc3c(c2)C2CCC3CC2)C2=C1C(C)(C)CCC2(C)C.[Ir]. The molecule has 3 heteroatoms. The standard InChI is InChI=1S/C24H32N2.Ir/c1-23(2)12-13-24(3,4)22-21(23)25(5)15-26(22)18-10-11-19-16-6-8-17(9-7-16)20(19)14-18;/h11,14-17H,6-9,12-13H2,1-5H3;/q-2;. The zero-order valence-corrected chi connectivity index (χ0v) is 19.8. The molecule has 2 nitrogen and oxygen atoms in total. The average Bonchev–Trinajstić information content (AvgIpc) is 3.00. The molecule has 0 amide bonds. The van der Waals surface area contributed by atoms with Crippen LogP contribution in [-0.2, 0) is 20.1 Å². The van der Waals surface area contributed by atoms with Crippen LogP contribution in [0.5, 0.6) is 0 Å². The molecule has 1 aliphatic heterocycles. The van der Waals surface area contributed by atoms with Crippen LogP contribution in [-0.4, -0.2) is 11.9 Å². The van der Waals surface area contributed by atoms with E-state index in [4.69, 9.17) is 0 Å². The van der Waals surface area contributed by atoms with Crippen molar-refractivity contribution < 1.29 is 20.1 Å². The molecule has 27 heavy (non-hydrogen) atoms. The van der Waals surface area contributed by atoms with Gasteiger partial charge in [-0.25, -0.2) is 0 Å². The Hall–Kier alpha value is -0.791.